The topological polar surface area (TPSA) is 38.3 Å². The molecular formula is C25H27NO2. The molecule has 3 aromatic rings. The van der Waals surface area contributed by atoms with Crippen molar-refractivity contribution in [3.05, 3.63) is 83.9 Å². The first-order valence-corrected chi connectivity index (χ1v) is 9.83. The molecule has 144 valence electrons. The van der Waals surface area contributed by atoms with Crippen LogP contribution in [-0.4, -0.2) is 12.0 Å². The molecule has 0 saturated carbocycles. The highest BCUT2D eigenvalue weighted by Crippen LogP contribution is 2.24. The number of benzene rings is 3. The van der Waals surface area contributed by atoms with Gasteiger partial charge in [-0.3, -0.25) is 4.79 Å². The molecule has 1 atom stereocenters. The van der Waals surface area contributed by atoms with E-state index in [-0.39, 0.29) is 5.91 Å². The predicted molar refractivity (Wildman–Crippen MR) is 116 cm³/mol. The minimum absolute atomic E-state index is 0.112. The summed E-state index contributed by atoms with van der Waals surface area (Å²) in [5.41, 5.74) is 5.38. The summed E-state index contributed by atoms with van der Waals surface area (Å²) in [6, 6.07) is 24.2. The van der Waals surface area contributed by atoms with Crippen LogP contribution in [0.15, 0.2) is 72.8 Å². The number of carbonyl (C=O) groups excluding carboxylic acids is 1. The molecule has 0 fully saturated rings. The van der Waals surface area contributed by atoms with Gasteiger partial charge in [0.05, 0.1) is 0 Å². The molecule has 28 heavy (non-hydrogen) atoms. The summed E-state index contributed by atoms with van der Waals surface area (Å²) in [5, 5.41) is 3.07. The number of rotatable bonds is 7. The van der Waals surface area contributed by atoms with Gasteiger partial charge in [-0.15, -0.1) is 0 Å². The fourth-order valence-corrected chi connectivity index (χ4v) is 3.25. The van der Waals surface area contributed by atoms with E-state index in [1.54, 1.807) is 0 Å². The van der Waals surface area contributed by atoms with Gasteiger partial charge in [-0.2, -0.15) is 0 Å². The van der Waals surface area contributed by atoms with E-state index < -0.39 is 6.10 Å². The zero-order valence-electron chi connectivity index (χ0n) is 16.7. The summed E-state index contributed by atoms with van der Waals surface area (Å²) in [6.45, 7) is 6.06. The summed E-state index contributed by atoms with van der Waals surface area (Å²) in [5.74, 6) is 0.584. The van der Waals surface area contributed by atoms with Crippen molar-refractivity contribution in [3.8, 4) is 16.9 Å². The molecule has 0 heterocycles. The molecule has 0 aliphatic heterocycles. The summed E-state index contributed by atoms with van der Waals surface area (Å²) in [6.07, 6.45) is 0.932. The van der Waals surface area contributed by atoms with E-state index in [0.29, 0.717) is 12.2 Å². The zero-order valence-corrected chi connectivity index (χ0v) is 16.7. The highest BCUT2D eigenvalue weighted by molar-refractivity contribution is 5.95. The first-order chi connectivity index (χ1) is 13.6. The molecule has 1 amide bonds. The van der Waals surface area contributed by atoms with E-state index >= 15 is 0 Å². The number of ether oxygens (including phenoxy) is 1. The molecule has 0 aliphatic rings. The lowest BCUT2D eigenvalue weighted by Crippen LogP contribution is -2.33. The molecule has 1 N–H and O–H groups in total. The standard InChI is InChI=1S/C25H27NO2/c1-4-19-13-9-10-18(3)24(19)26-25(27)23(5-2)28-22-16-14-21(15-17-22)20-11-7-6-8-12-20/h6-17,23H,4-5H2,1-3H3,(H,26,27). The van der Waals surface area contributed by atoms with Crippen molar-refractivity contribution in [1.82, 2.24) is 0 Å². The third-order valence-corrected chi connectivity index (χ3v) is 4.89. The molecule has 0 spiro atoms. The van der Waals surface area contributed by atoms with E-state index in [1.807, 2.05) is 74.5 Å². The van der Waals surface area contributed by atoms with Crippen LogP contribution in [0.25, 0.3) is 11.1 Å². The second-order valence-electron chi connectivity index (χ2n) is 6.86. The van der Waals surface area contributed by atoms with Gasteiger partial charge in [0.15, 0.2) is 6.10 Å². The average molecular weight is 373 g/mol. The number of carbonyl (C=O) groups is 1. The van der Waals surface area contributed by atoms with Gasteiger partial charge in [0.1, 0.15) is 5.75 Å². The molecule has 0 aromatic heterocycles. The Bertz CT molecular complexity index is 917. The van der Waals surface area contributed by atoms with Gasteiger partial charge < -0.3 is 10.1 Å². The monoisotopic (exact) mass is 373 g/mol. The van der Waals surface area contributed by atoms with Crippen LogP contribution in [0.3, 0.4) is 0 Å². The van der Waals surface area contributed by atoms with Gasteiger partial charge in [0.25, 0.3) is 5.91 Å². The minimum Gasteiger partial charge on any atom is -0.481 e. The first-order valence-electron chi connectivity index (χ1n) is 9.83. The second-order valence-corrected chi connectivity index (χ2v) is 6.86. The van der Waals surface area contributed by atoms with Crippen LogP contribution < -0.4 is 10.1 Å². The Hall–Kier alpha value is -3.07. The Morgan fingerprint density at radius 3 is 2.21 bits per heavy atom. The number of para-hydroxylation sites is 1. The van der Waals surface area contributed by atoms with Crippen molar-refractivity contribution < 1.29 is 9.53 Å². The van der Waals surface area contributed by atoms with Gasteiger partial charge in [-0.05, 0) is 54.2 Å². The number of anilines is 1. The van der Waals surface area contributed by atoms with Crippen LogP contribution in [0.1, 0.15) is 31.4 Å². The summed E-state index contributed by atoms with van der Waals surface area (Å²) >= 11 is 0. The Balaban J connectivity index is 1.71. The second kappa shape index (κ2) is 9.23. The molecule has 0 bridgehead atoms. The van der Waals surface area contributed by atoms with Crippen LogP contribution in [0.4, 0.5) is 5.69 Å². The highest BCUT2D eigenvalue weighted by atomic mass is 16.5. The van der Waals surface area contributed by atoms with Gasteiger partial charge in [-0.1, -0.05) is 74.5 Å². The molecule has 0 aliphatic carbocycles. The quantitative estimate of drug-likeness (QED) is 0.550. The molecule has 3 nitrogen and oxygen atoms in total. The number of hydrogen-bond donors (Lipinski definition) is 1. The molecule has 3 rings (SSSR count). The predicted octanol–water partition coefficient (Wildman–Crippen LogP) is 6.02. The third kappa shape index (κ3) is 4.61. The van der Waals surface area contributed by atoms with Crippen molar-refractivity contribution in [2.45, 2.75) is 39.7 Å². The van der Waals surface area contributed by atoms with E-state index in [2.05, 4.69) is 24.4 Å². The fourth-order valence-electron chi connectivity index (χ4n) is 3.25. The minimum atomic E-state index is -0.535. The van der Waals surface area contributed by atoms with Gasteiger partial charge in [0.2, 0.25) is 0 Å². The van der Waals surface area contributed by atoms with Crippen LogP contribution in [0, 0.1) is 6.92 Å². The molecule has 3 heteroatoms. The SMILES string of the molecule is CCc1cccc(C)c1NC(=O)C(CC)Oc1ccc(-c2ccccc2)cc1. The fraction of sp³-hybridized carbons (Fsp3) is 0.240. The molecular weight excluding hydrogens is 346 g/mol. The maximum absolute atomic E-state index is 12.8. The largest absolute Gasteiger partial charge is 0.481 e. The van der Waals surface area contributed by atoms with Crippen molar-refractivity contribution in [2.24, 2.45) is 0 Å². The van der Waals surface area contributed by atoms with Gasteiger partial charge in [0, 0.05) is 5.69 Å². The lowest BCUT2D eigenvalue weighted by molar-refractivity contribution is -0.122. The Kier molecular flexibility index (Phi) is 6.49. The summed E-state index contributed by atoms with van der Waals surface area (Å²) in [4.78, 5) is 12.8. The zero-order chi connectivity index (χ0) is 19.9. The van der Waals surface area contributed by atoms with E-state index in [4.69, 9.17) is 4.74 Å². The number of nitrogens with one attached hydrogen (secondary N) is 1. The van der Waals surface area contributed by atoms with Crippen molar-refractivity contribution in [1.29, 1.82) is 0 Å². The van der Waals surface area contributed by atoms with E-state index in [9.17, 15) is 4.79 Å². The van der Waals surface area contributed by atoms with Crippen LogP contribution in [0.2, 0.25) is 0 Å². The molecule has 0 radical (unpaired) electrons. The van der Waals surface area contributed by atoms with Crippen molar-refractivity contribution >= 4 is 11.6 Å². The highest BCUT2D eigenvalue weighted by Gasteiger charge is 2.20. The number of aryl methyl sites for hydroxylation is 2. The smallest absolute Gasteiger partial charge is 0.265 e. The Labute approximate surface area is 167 Å². The maximum atomic E-state index is 12.8. The normalized spacial score (nSPS) is 11.7. The lowest BCUT2D eigenvalue weighted by atomic mass is 10.1. The van der Waals surface area contributed by atoms with Crippen molar-refractivity contribution in [3.63, 3.8) is 0 Å². The lowest BCUT2D eigenvalue weighted by Gasteiger charge is -2.19. The maximum Gasteiger partial charge on any atom is 0.265 e. The Morgan fingerprint density at radius 2 is 1.57 bits per heavy atom. The van der Waals surface area contributed by atoms with Crippen molar-refractivity contribution in [2.75, 3.05) is 5.32 Å². The van der Waals surface area contributed by atoms with Gasteiger partial charge in [-0.25, -0.2) is 0 Å². The van der Waals surface area contributed by atoms with E-state index in [1.165, 1.54) is 0 Å². The first kappa shape index (κ1) is 19.7. The molecule has 0 saturated heterocycles. The molecule has 3 aromatic carbocycles. The Morgan fingerprint density at radius 1 is 0.893 bits per heavy atom. The number of hydrogen-bond acceptors (Lipinski definition) is 2. The van der Waals surface area contributed by atoms with Crippen LogP contribution in [-0.2, 0) is 11.2 Å². The summed E-state index contributed by atoms with van der Waals surface area (Å²) in [7, 11) is 0. The van der Waals surface area contributed by atoms with E-state index in [0.717, 1.165) is 34.4 Å². The van der Waals surface area contributed by atoms with Crippen LogP contribution in [0.5, 0.6) is 5.75 Å². The van der Waals surface area contributed by atoms with Gasteiger partial charge >= 0.3 is 0 Å². The van der Waals surface area contributed by atoms with Crippen LogP contribution >= 0.6 is 0 Å². The third-order valence-electron chi connectivity index (χ3n) is 4.89. The summed E-state index contributed by atoms with van der Waals surface area (Å²) < 4.78 is 5.99. The number of amides is 1. The average Bonchev–Trinajstić information content (AvgIpc) is 2.74. The molecule has 1 unspecified atom stereocenters.